The summed E-state index contributed by atoms with van der Waals surface area (Å²) < 4.78 is 0. The van der Waals surface area contributed by atoms with Crippen molar-refractivity contribution in [3.8, 4) is 16.6 Å². The minimum atomic E-state index is -1.10. The Morgan fingerprint density at radius 2 is 2.06 bits per heavy atom. The molecular formula is C24H25ClN6O2S. The predicted molar refractivity (Wildman–Crippen MR) is 131 cm³/mol. The van der Waals surface area contributed by atoms with Crippen molar-refractivity contribution in [1.29, 1.82) is 5.26 Å². The second-order valence-corrected chi connectivity index (χ2v) is 9.91. The van der Waals surface area contributed by atoms with E-state index in [1.54, 1.807) is 30.9 Å². The van der Waals surface area contributed by atoms with Crippen LogP contribution in [-0.2, 0) is 11.8 Å². The molecule has 0 saturated heterocycles. The maximum Gasteiger partial charge on any atom is 0.414 e. The Morgan fingerprint density at radius 1 is 1.29 bits per heavy atom. The number of hydrogen-bond acceptors (Lipinski definition) is 7. The second-order valence-electron chi connectivity index (χ2n) is 8.39. The number of thiazole rings is 1. The molecular weight excluding hydrogens is 472 g/mol. The average molecular weight is 497 g/mol. The lowest BCUT2D eigenvalue weighted by Crippen LogP contribution is -2.57. The molecule has 1 fully saturated rings. The molecule has 176 valence electrons. The Bertz CT molecular complexity index is 1190. The van der Waals surface area contributed by atoms with E-state index in [2.05, 4.69) is 32.9 Å². The van der Waals surface area contributed by atoms with E-state index < -0.39 is 11.5 Å². The normalized spacial score (nSPS) is 15.2. The van der Waals surface area contributed by atoms with Crippen LogP contribution in [0.4, 0.5) is 10.7 Å². The van der Waals surface area contributed by atoms with Gasteiger partial charge in [-0.1, -0.05) is 37.8 Å². The van der Waals surface area contributed by atoms with Crippen molar-refractivity contribution < 1.29 is 9.90 Å². The summed E-state index contributed by atoms with van der Waals surface area (Å²) in [6.45, 7) is 2.09. The van der Waals surface area contributed by atoms with Gasteiger partial charge < -0.3 is 5.11 Å². The molecule has 8 nitrogen and oxygen atoms in total. The standard InChI is InChI=1S/C24H25ClN6O2S/c1-2-3-7-19(24(9-5-10-24)20-18(25)6-4-12-27-20)31(23(32)33)22-29-13-16(14-30-22)21-28-15-17(34-21)8-11-26/h4,6,12-15,19H,2-3,5,7-10H2,1H3,(H,32,33). The first-order chi connectivity index (χ1) is 16.5. The molecule has 34 heavy (non-hydrogen) atoms. The van der Waals surface area contributed by atoms with Gasteiger partial charge in [-0.15, -0.1) is 11.3 Å². The zero-order valence-corrected chi connectivity index (χ0v) is 20.4. The van der Waals surface area contributed by atoms with Crippen molar-refractivity contribution in [2.24, 2.45) is 0 Å². The highest BCUT2D eigenvalue weighted by atomic mass is 35.5. The fraction of sp³-hybridized carbons (Fsp3) is 0.417. The molecule has 0 aliphatic heterocycles. The van der Waals surface area contributed by atoms with Gasteiger partial charge in [0, 0.05) is 40.6 Å². The van der Waals surface area contributed by atoms with Crippen molar-refractivity contribution in [2.45, 2.75) is 63.3 Å². The molecule has 1 N–H and O–H groups in total. The van der Waals surface area contributed by atoms with E-state index in [0.717, 1.165) is 42.7 Å². The molecule has 1 amide bonds. The summed E-state index contributed by atoms with van der Waals surface area (Å²) in [5.41, 5.74) is 0.953. The molecule has 0 bridgehead atoms. The molecule has 1 aliphatic carbocycles. The zero-order chi connectivity index (χ0) is 24.1. The molecule has 0 spiro atoms. The van der Waals surface area contributed by atoms with Crippen molar-refractivity contribution in [2.75, 3.05) is 4.90 Å². The number of rotatable bonds is 9. The SMILES string of the molecule is CCCCC(N(C(=O)O)c1ncc(-c2ncc(CC#N)s2)cn1)C1(c2ncccc2Cl)CCC1. The van der Waals surface area contributed by atoms with Crippen LogP contribution in [0.1, 0.15) is 56.0 Å². The fourth-order valence-corrected chi connectivity index (χ4v) is 5.73. The number of amides is 1. The van der Waals surface area contributed by atoms with Gasteiger partial charge >= 0.3 is 6.09 Å². The Hall–Kier alpha value is -3.09. The maximum absolute atomic E-state index is 12.6. The summed E-state index contributed by atoms with van der Waals surface area (Å²) in [5.74, 6) is 0.129. The minimum Gasteiger partial charge on any atom is -0.465 e. The van der Waals surface area contributed by atoms with Crippen LogP contribution in [-0.4, -0.2) is 37.2 Å². The molecule has 10 heteroatoms. The summed E-state index contributed by atoms with van der Waals surface area (Å²) >= 11 is 7.96. The van der Waals surface area contributed by atoms with E-state index in [4.69, 9.17) is 16.9 Å². The number of nitrogens with zero attached hydrogens (tertiary/aromatic N) is 6. The van der Waals surface area contributed by atoms with Gasteiger partial charge in [-0.25, -0.2) is 24.6 Å². The molecule has 4 rings (SSSR count). The van der Waals surface area contributed by atoms with E-state index in [1.165, 1.54) is 16.2 Å². The summed E-state index contributed by atoms with van der Waals surface area (Å²) in [6.07, 6.45) is 10.8. The first-order valence-corrected chi connectivity index (χ1v) is 12.5. The zero-order valence-electron chi connectivity index (χ0n) is 18.8. The van der Waals surface area contributed by atoms with Gasteiger partial charge in [0.15, 0.2) is 0 Å². The van der Waals surface area contributed by atoms with Crippen LogP contribution in [0, 0.1) is 11.3 Å². The van der Waals surface area contributed by atoms with Crippen molar-refractivity contribution in [3.63, 3.8) is 0 Å². The van der Waals surface area contributed by atoms with Gasteiger partial charge in [-0.2, -0.15) is 5.26 Å². The van der Waals surface area contributed by atoms with Gasteiger partial charge in [0.2, 0.25) is 5.95 Å². The van der Waals surface area contributed by atoms with Gasteiger partial charge in [0.25, 0.3) is 0 Å². The minimum absolute atomic E-state index is 0.129. The Labute approximate surface area is 207 Å². The Balaban J connectivity index is 1.71. The molecule has 1 saturated carbocycles. The molecule has 3 heterocycles. The van der Waals surface area contributed by atoms with Gasteiger partial charge in [0.1, 0.15) is 5.01 Å². The molecule has 0 aromatic carbocycles. The van der Waals surface area contributed by atoms with Gasteiger partial charge in [0.05, 0.1) is 29.2 Å². The van der Waals surface area contributed by atoms with Crippen molar-refractivity contribution in [3.05, 3.63) is 52.5 Å². The summed E-state index contributed by atoms with van der Waals surface area (Å²) in [4.78, 5) is 32.5. The predicted octanol–water partition coefficient (Wildman–Crippen LogP) is 5.88. The highest BCUT2D eigenvalue weighted by molar-refractivity contribution is 7.15. The van der Waals surface area contributed by atoms with Crippen LogP contribution < -0.4 is 4.90 Å². The van der Waals surface area contributed by atoms with E-state index in [0.29, 0.717) is 28.4 Å². The number of pyridine rings is 1. The number of halogens is 1. The molecule has 3 aromatic heterocycles. The highest BCUT2D eigenvalue weighted by Gasteiger charge is 2.51. The fourth-order valence-electron chi connectivity index (χ4n) is 4.60. The molecule has 0 radical (unpaired) electrons. The Morgan fingerprint density at radius 3 is 2.65 bits per heavy atom. The van der Waals surface area contributed by atoms with Crippen LogP contribution in [0.3, 0.4) is 0 Å². The number of aromatic nitrogens is 4. The smallest absolute Gasteiger partial charge is 0.414 e. The monoisotopic (exact) mass is 496 g/mol. The number of anilines is 1. The van der Waals surface area contributed by atoms with Crippen LogP contribution in [0.5, 0.6) is 0 Å². The molecule has 1 unspecified atom stereocenters. The quantitative estimate of drug-likeness (QED) is 0.393. The lowest BCUT2D eigenvalue weighted by Gasteiger charge is -2.50. The third kappa shape index (κ3) is 4.61. The number of nitriles is 1. The van der Waals surface area contributed by atoms with Gasteiger partial charge in [-0.05, 0) is 31.4 Å². The highest BCUT2D eigenvalue weighted by Crippen LogP contribution is 2.51. The third-order valence-electron chi connectivity index (χ3n) is 6.37. The summed E-state index contributed by atoms with van der Waals surface area (Å²) in [6, 6.07) is 5.32. The third-order valence-corrected chi connectivity index (χ3v) is 7.72. The van der Waals surface area contributed by atoms with E-state index in [1.807, 2.05) is 6.07 Å². The van der Waals surface area contributed by atoms with Crippen LogP contribution in [0.15, 0.2) is 36.9 Å². The van der Waals surface area contributed by atoms with Crippen LogP contribution in [0.25, 0.3) is 10.6 Å². The van der Waals surface area contributed by atoms with Crippen LogP contribution in [0.2, 0.25) is 5.02 Å². The van der Waals surface area contributed by atoms with E-state index in [-0.39, 0.29) is 12.0 Å². The maximum atomic E-state index is 12.6. The summed E-state index contributed by atoms with van der Waals surface area (Å²) in [7, 11) is 0. The first kappa shape index (κ1) is 24.0. The largest absolute Gasteiger partial charge is 0.465 e. The molecule has 1 aliphatic rings. The van der Waals surface area contributed by atoms with Crippen molar-refractivity contribution >= 4 is 35.0 Å². The number of carboxylic acid groups (broad SMARTS) is 1. The van der Waals surface area contributed by atoms with E-state index in [9.17, 15) is 9.90 Å². The first-order valence-electron chi connectivity index (χ1n) is 11.3. The van der Waals surface area contributed by atoms with Crippen LogP contribution >= 0.6 is 22.9 Å². The number of unbranched alkanes of at least 4 members (excludes halogenated alkanes) is 1. The summed E-state index contributed by atoms with van der Waals surface area (Å²) in [5, 5.41) is 20.4. The number of carbonyl (C=O) groups is 1. The topological polar surface area (TPSA) is 116 Å². The number of hydrogen-bond donors (Lipinski definition) is 1. The van der Waals surface area contributed by atoms with E-state index >= 15 is 0 Å². The lowest BCUT2D eigenvalue weighted by atomic mass is 9.60. The second kappa shape index (κ2) is 10.5. The average Bonchev–Trinajstić information content (AvgIpc) is 3.27. The Kier molecular flexibility index (Phi) is 7.39. The molecule has 1 atom stereocenters. The van der Waals surface area contributed by atoms with Crippen molar-refractivity contribution in [1.82, 2.24) is 19.9 Å². The van der Waals surface area contributed by atoms with Gasteiger partial charge in [-0.3, -0.25) is 4.98 Å². The molecule has 3 aromatic rings. The lowest BCUT2D eigenvalue weighted by molar-refractivity contribution is 0.154.